The number of aromatic nitrogens is 1. The van der Waals surface area contributed by atoms with Gasteiger partial charge in [0.25, 0.3) is 0 Å². The predicted octanol–water partition coefficient (Wildman–Crippen LogP) is 3.06. The molecule has 21 heavy (non-hydrogen) atoms. The topological polar surface area (TPSA) is 69.7 Å². The van der Waals surface area contributed by atoms with Gasteiger partial charge in [0.15, 0.2) is 0 Å². The van der Waals surface area contributed by atoms with Crippen molar-refractivity contribution in [3.8, 4) is 5.88 Å². The Bertz CT molecular complexity index is 488. The molecule has 0 radical (unpaired) electrons. The lowest BCUT2D eigenvalue weighted by Crippen LogP contribution is -2.36. The molecule has 0 bridgehead atoms. The SMILES string of the molecule is COCC(NC(=O)OC(C)(C)C)c1cc(OC)ncc1Br. The van der Waals surface area contributed by atoms with E-state index in [1.165, 1.54) is 7.11 Å². The van der Waals surface area contributed by atoms with Gasteiger partial charge in [0.1, 0.15) is 5.60 Å². The fraction of sp³-hybridized carbons (Fsp3) is 0.571. The maximum absolute atomic E-state index is 11.9. The third-order valence-electron chi connectivity index (χ3n) is 2.47. The summed E-state index contributed by atoms with van der Waals surface area (Å²) in [5.41, 5.74) is 0.240. The van der Waals surface area contributed by atoms with Crippen LogP contribution in [0.5, 0.6) is 5.88 Å². The first-order valence-corrected chi connectivity index (χ1v) is 7.24. The van der Waals surface area contributed by atoms with Crippen LogP contribution in [-0.2, 0) is 9.47 Å². The highest BCUT2D eigenvalue weighted by atomic mass is 79.9. The number of hydrogen-bond acceptors (Lipinski definition) is 5. The molecule has 1 unspecified atom stereocenters. The first-order valence-electron chi connectivity index (χ1n) is 6.44. The number of halogens is 1. The van der Waals surface area contributed by atoms with Crippen LogP contribution in [-0.4, -0.2) is 37.5 Å². The van der Waals surface area contributed by atoms with Crippen molar-refractivity contribution in [2.75, 3.05) is 20.8 Å². The lowest BCUT2D eigenvalue weighted by molar-refractivity contribution is 0.0467. The second kappa shape index (κ2) is 7.61. The van der Waals surface area contributed by atoms with Gasteiger partial charge in [-0.3, -0.25) is 0 Å². The average molecular weight is 361 g/mol. The zero-order valence-electron chi connectivity index (χ0n) is 12.9. The number of alkyl carbamates (subject to hydrolysis) is 1. The molecule has 1 heterocycles. The number of ether oxygens (including phenoxy) is 3. The fourth-order valence-electron chi connectivity index (χ4n) is 1.64. The highest BCUT2D eigenvalue weighted by molar-refractivity contribution is 9.10. The van der Waals surface area contributed by atoms with Crippen molar-refractivity contribution in [3.05, 3.63) is 22.3 Å². The van der Waals surface area contributed by atoms with Crippen molar-refractivity contribution < 1.29 is 19.0 Å². The molecule has 0 saturated heterocycles. The van der Waals surface area contributed by atoms with Crippen molar-refractivity contribution in [2.24, 2.45) is 0 Å². The lowest BCUT2D eigenvalue weighted by atomic mass is 10.1. The molecule has 0 fully saturated rings. The van der Waals surface area contributed by atoms with Crippen molar-refractivity contribution in [2.45, 2.75) is 32.4 Å². The normalized spacial score (nSPS) is 12.7. The molecule has 118 valence electrons. The van der Waals surface area contributed by atoms with Gasteiger partial charge in [0.05, 0.1) is 19.8 Å². The molecule has 1 amide bonds. The van der Waals surface area contributed by atoms with Gasteiger partial charge >= 0.3 is 6.09 Å². The molecule has 0 spiro atoms. The van der Waals surface area contributed by atoms with Gasteiger partial charge in [-0.15, -0.1) is 0 Å². The molecule has 1 rings (SSSR count). The molecular weight excluding hydrogens is 340 g/mol. The van der Waals surface area contributed by atoms with Gasteiger partial charge in [-0.2, -0.15) is 0 Å². The number of pyridine rings is 1. The van der Waals surface area contributed by atoms with Crippen LogP contribution in [0.1, 0.15) is 32.4 Å². The second-order valence-corrected chi connectivity index (χ2v) is 6.26. The summed E-state index contributed by atoms with van der Waals surface area (Å²) in [5.74, 6) is 0.459. The van der Waals surface area contributed by atoms with E-state index in [0.29, 0.717) is 12.5 Å². The van der Waals surface area contributed by atoms with Crippen LogP contribution in [0.3, 0.4) is 0 Å². The van der Waals surface area contributed by atoms with Crippen LogP contribution in [0, 0.1) is 0 Å². The Morgan fingerprint density at radius 2 is 2.10 bits per heavy atom. The van der Waals surface area contributed by atoms with Gasteiger partial charge in [0.2, 0.25) is 5.88 Å². The van der Waals surface area contributed by atoms with Crippen LogP contribution in [0.4, 0.5) is 4.79 Å². The van der Waals surface area contributed by atoms with Gasteiger partial charge in [-0.25, -0.2) is 9.78 Å². The fourth-order valence-corrected chi connectivity index (χ4v) is 2.13. The van der Waals surface area contributed by atoms with E-state index in [-0.39, 0.29) is 6.04 Å². The van der Waals surface area contributed by atoms with E-state index in [2.05, 4.69) is 26.2 Å². The van der Waals surface area contributed by atoms with Crippen LogP contribution in [0.25, 0.3) is 0 Å². The highest BCUT2D eigenvalue weighted by Gasteiger charge is 2.22. The van der Waals surface area contributed by atoms with E-state index >= 15 is 0 Å². The van der Waals surface area contributed by atoms with E-state index in [4.69, 9.17) is 14.2 Å². The van der Waals surface area contributed by atoms with Crippen LogP contribution < -0.4 is 10.1 Å². The second-order valence-electron chi connectivity index (χ2n) is 5.40. The van der Waals surface area contributed by atoms with Gasteiger partial charge < -0.3 is 19.5 Å². The standard InChI is InChI=1S/C14H21BrN2O4/c1-14(2,3)21-13(18)17-11(8-19-4)9-6-12(20-5)16-7-10(9)15/h6-7,11H,8H2,1-5H3,(H,17,18). The molecule has 1 aromatic heterocycles. The van der Waals surface area contributed by atoms with Crippen LogP contribution >= 0.6 is 15.9 Å². The molecule has 0 aliphatic carbocycles. The Morgan fingerprint density at radius 1 is 1.43 bits per heavy atom. The Labute approximate surface area is 133 Å². The van der Waals surface area contributed by atoms with E-state index in [1.807, 2.05) is 20.8 Å². The summed E-state index contributed by atoms with van der Waals surface area (Å²) in [6.45, 7) is 5.72. The third-order valence-corrected chi connectivity index (χ3v) is 3.13. The zero-order chi connectivity index (χ0) is 16.0. The maximum atomic E-state index is 11.9. The molecule has 1 atom stereocenters. The highest BCUT2D eigenvalue weighted by Crippen LogP contribution is 2.26. The smallest absolute Gasteiger partial charge is 0.408 e. The number of nitrogens with zero attached hydrogens (tertiary/aromatic N) is 1. The summed E-state index contributed by atoms with van der Waals surface area (Å²) < 4.78 is 16.3. The first-order chi connectivity index (χ1) is 9.76. The van der Waals surface area contributed by atoms with E-state index in [0.717, 1.165) is 10.0 Å². The lowest BCUT2D eigenvalue weighted by Gasteiger charge is -2.24. The minimum absolute atomic E-state index is 0.297. The number of methoxy groups -OCH3 is 2. The number of nitrogens with one attached hydrogen (secondary N) is 1. The average Bonchev–Trinajstić information content (AvgIpc) is 2.36. The van der Waals surface area contributed by atoms with Gasteiger partial charge in [0, 0.05) is 23.8 Å². The van der Waals surface area contributed by atoms with Crippen molar-refractivity contribution in [1.82, 2.24) is 10.3 Å². The molecule has 1 N–H and O–H groups in total. The number of rotatable bonds is 5. The van der Waals surface area contributed by atoms with E-state index < -0.39 is 11.7 Å². The number of hydrogen-bond donors (Lipinski definition) is 1. The summed E-state index contributed by atoms with van der Waals surface area (Å²) in [6, 6.07) is 1.36. The molecule has 1 aromatic rings. The minimum Gasteiger partial charge on any atom is -0.481 e. The summed E-state index contributed by atoms with van der Waals surface area (Å²) in [5, 5.41) is 2.78. The quantitative estimate of drug-likeness (QED) is 0.873. The molecule has 7 heteroatoms. The summed E-state index contributed by atoms with van der Waals surface area (Å²) >= 11 is 3.42. The molecule has 0 saturated carbocycles. The van der Waals surface area contributed by atoms with Gasteiger partial charge in [-0.05, 0) is 42.3 Å². The number of carbonyl (C=O) groups excluding carboxylic acids is 1. The minimum atomic E-state index is -0.561. The number of carbonyl (C=O) groups is 1. The largest absolute Gasteiger partial charge is 0.481 e. The Morgan fingerprint density at radius 3 is 2.62 bits per heavy atom. The monoisotopic (exact) mass is 360 g/mol. The van der Waals surface area contributed by atoms with Crippen molar-refractivity contribution in [3.63, 3.8) is 0 Å². The van der Waals surface area contributed by atoms with Crippen LogP contribution in [0.15, 0.2) is 16.7 Å². The van der Waals surface area contributed by atoms with E-state index in [1.54, 1.807) is 19.4 Å². The van der Waals surface area contributed by atoms with Crippen molar-refractivity contribution in [1.29, 1.82) is 0 Å². The summed E-state index contributed by atoms with van der Waals surface area (Å²) in [4.78, 5) is 16.0. The molecule has 6 nitrogen and oxygen atoms in total. The van der Waals surface area contributed by atoms with Gasteiger partial charge in [-0.1, -0.05) is 0 Å². The molecule has 0 aromatic carbocycles. The van der Waals surface area contributed by atoms with Crippen molar-refractivity contribution >= 4 is 22.0 Å². The summed E-state index contributed by atoms with van der Waals surface area (Å²) in [7, 11) is 3.10. The van der Waals surface area contributed by atoms with Crippen LogP contribution in [0.2, 0.25) is 0 Å². The molecular formula is C14H21BrN2O4. The summed E-state index contributed by atoms with van der Waals surface area (Å²) in [6.07, 6.45) is 1.11. The molecule has 0 aliphatic heterocycles. The number of amides is 1. The Balaban J connectivity index is 2.93. The predicted molar refractivity (Wildman–Crippen MR) is 82.5 cm³/mol. The Hall–Kier alpha value is -1.34. The zero-order valence-corrected chi connectivity index (χ0v) is 14.5. The Kier molecular flexibility index (Phi) is 6.42. The molecule has 0 aliphatic rings. The maximum Gasteiger partial charge on any atom is 0.408 e. The first kappa shape index (κ1) is 17.7. The van der Waals surface area contributed by atoms with E-state index in [9.17, 15) is 4.79 Å². The third kappa shape index (κ3) is 5.89.